The summed E-state index contributed by atoms with van der Waals surface area (Å²) in [5.74, 6) is 1.39. The van der Waals surface area contributed by atoms with E-state index in [1.54, 1.807) is 10.8 Å². The van der Waals surface area contributed by atoms with Gasteiger partial charge in [-0.1, -0.05) is 13.3 Å². The molecule has 4 rings (SSSR count). The van der Waals surface area contributed by atoms with Gasteiger partial charge in [0.2, 0.25) is 5.95 Å². The molecule has 3 aromatic heterocycles. The van der Waals surface area contributed by atoms with Crippen molar-refractivity contribution in [2.75, 3.05) is 18.8 Å². The van der Waals surface area contributed by atoms with Crippen LogP contribution in [0.25, 0.3) is 11.2 Å². The molecule has 1 fully saturated rings. The molecule has 4 heterocycles. The number of piperidine rings is 1. The second-order valence-corrected chi connectivity index (χ2v) is 8.12. The van der Waals surface area contributed by atoms with E-state index < -0.39 is 5.69 Å². The highest BCUT2D eigenvalue weighted by Gasteiger charge is 2.25. The van der Waals surface area contributed by atoms with Crippen LogP contribution in [0.15, 0.2) is 21.9 Å². The van der Waals surface area contributed by atoms with Crippen molar-refractivity contribution < 1.29 is 0 Å². The van der Waals surface area contributed by atoms with Gasteiger partial charge in [0.25, 0.3) is 5.56 Å². The summed E-state index contributed by atoms with van der Waals surface area (Å²) in [6, 6.07) is 1.93. The van der Waals surface area contributed by atoms with Gasteiger partial charge in [-0.2, -0.15) is 0 Å². The van der Waals surface area contributed by atoms with E-state index in [4.69, 9.17) is 10.7 Å². The van der Waals surface area contributed by atoms with Crippen molar-refractivity contribution in [2.24, 2.45) is 0 Å². The van der Waals surface area contributed by atoms with Crippen molar-refractivity contribution in [3.05, 3.63) is 44.6 Å². The highest BCUT2D eigenvalue weighted by atomic mass is 16.2. The molecule has 1 saturated heterocycles. The predicted octanol–water partition coefficient (Wildman–Crippen LogP) is 1.46. The van der Waals surface area contributed by atoms with Crippen molar-refractivity contribution >= 4 is 17.1 Å². The fourth-order valence-corrected chi connectivity index (χ4v) is 4.46. The summed E-state index contributed by atoms with van der Waals surface area (Å²) in [4.78, 5) is 43.0. The number of unbranched alkanes of at least 4 members (excludes halogenated alkanes) is 1. The SMILES string of the molecule is CCCCn1c(=O)[nH]c(=O)c2c1nc(CN1CCCC(c3ccnc(N)n3)C1)n2CC. The third-order valence-electron chi connectivity index (χ3n) is 6.00. The van der Waals surface area contributed by atoms with Gasteiger partial charge in [-0.05, 0) is 38.8 Å². The molecule has 1 aliphatic rings. The number of aromatic nitrogens is 6. The highest BCUT2D eigenvalue weighted by Crippen LogP contribution is 2.27. The van der Waals surface area contributed by atoms with Crippen LogP contribution < -0.4 is 17.0 Å². The third kappa shape index (κ3) is 4.25. The van der Waals surface area contributed by atoms with Gasteiger partial charge in [0.1, 0.15) is 5.82 Å². The van der Waals surface area contributed by atoms with E-state index in [0.717, 1.165) is 50.3 Å². The van der Waals surface area contributed by atoms with Gasteiger partial charge in [-0.3, -0.25) is 19.2 Å². The number of nitrogens with one attached hydrogen (secondary N) is 1. The Labute approximate surface area is 180 Å². The minimum absolute atomic E-state index is 0.282. The van der Waals surface area contributed by atoms with E-state index in [1.165, 1.54) is 0 Å². The lowest BCUT2D eigenvalue weighted by molar-refractivity contribution is 0.192. The van der Waals surface area contributed by atoms with Gasteiger partial charge >= 0.3 is 5.69 Å². The van der Waals surface area contributed by atoms with Crippen LogP contribution in [0.3, 0.4) is 0 Å². The zero-order chi connectivity index (χ0) is 22.0. The average Bonchev–Trinajstić information content (AvgIpc) is 3.12. The second-order valence-electron chi connectivity index (χ2n) is 8.12. The molecular weight excluding hydrogens is 396 g/mol. The molecule has 0 saturated carbocycles. The van der Waals surface area contributed by atoms with Gasteiger partial charge in [-0.15, -0.1) is 0 Å². The Morgan fingerprint density at radius 3 is 2.81 bits per heavy atom. The first-order valence-electron chi connectivity index (χ1n) is 11.0. The lowest BCUT2D eigenvalue weighted by Gasteiger charge is -2.32. The molecule has 1 atom stereocenters. The first kappa shape index (κ1) is 21.2. The summed E-state index contributed by atoms with van der Waals surface area (Å²) < 4.78 is 3.53. The predicted molar refractivity (Wildman–Crippen MR) is 119 cm³/mol. The Balaban J connectivity index is 1.65. The third-order valence-corrected chi connectivity index (χ3v) is 6.00. The minimum Gasteiger partial charge on any atom is -0.368 e. The monoisotopic (exact) mass is 426 g/mol. The molecule has 0 aromatic carbocycles. The Morgan fingerprint density at radius 1 is 1.23 bits per heavy atom. The molecule has 31 heavy (non-hydrogen) atoms. The number of nitrogen functional groups attached to an aromatic ring is 1. The molecule has 0 aliphatic carbocycles. The molecule has 0 spiro atoms. The summed E-state index contributed by atoms with van der Waals surface area (Å²) in [6.45, 7) is 7.62. The topological polar surface area (TPSA) is 128 Å². The number of imidazole rings is 1. The van der Waals surface area contributed by atoms with Crippen LogP contribution in [0.1, 0.15) is 57.0 Å². The number of aryl methyl sites for hydroxylation is 2. The van der Waals surface area contributed by atoms with E-state index in [9.17, 15) is 9.59 Å². The molecule has 10 nitrogen and oxygen atoms in total. The molecule has 1 aliphatic heterocycles. The number of rotatable bonds is 7. The standard InChI is InChI=1S/C21H30N8O2/c1-3-5-11-29-18-17(19(30)26-21(29)31)28(4-2)16(25-18)13-27-10-6-7-14(12-27)15-8-9-23-20(22)24-15/h8-9,14H,3-7,10-13H2,1-2H3,(H2,22,23,24)(H,26,30,31). The van der Waals surface area contributed by atoms with Crippen LogP contribution in [0.4, 0.5) is 5.95 Å². The van der Waals surface area contributed by atoms with E-state index >= 15 is 0 Å². The maximum Gasteiger partial charge on any atom is 0.330 e. The summed E-state index contributed by atoms with van der Waals surface area (Å²) in [6.07, 6.45) is 5.60. The normalized spacial score (nSPS) is 17.4. The van der Waals surface area contributed by atoms with Gasteiger partial charge in [-0.25, -0.2) is 19.7 Å². The number of nitrogens with two attached hydrogens (primary N) is 1. The Kier molecular flexibility index (Phi) is 6.17. The van der Waals surface area contributed by atoms with Crippen molar-refractivity contribution in [3.8, 4) is 0 Å². The molecule has 1 unspecified atom stereocenters. The highest BCUT2D eigenvalue weighted by molar-refractivity contribution is 5.71. The van der Waals surface area contributed by atoms with Crippen LogP contribution in [0.5, 0.6) is 0 Å². The Bertz CT molecular complexity index is 1180. The lowest BCUT2D eigenvalue weighted by atomic mass is 9.94. The van der Waals surface area contributed by atoms with Crippen molar-refractivity contribution in [3.63, 3.8) is 0 Å². The van der Waals surface area contributed by atoms with Gasteiger partial charge in [0, 0.05) is 31.7 Å². The van der Waals surface area contributed by atoms with Gasteiger partial charge < -0.3 is 10.3 Å². The van der Waals surface area contributed by atoms with Crippen molar-refractivity contribution in [1.82, 2.24) is 34.0 Å². The number of likely N-dealkylation sites (tertiary alicyclic amines) is 1. The minimum atomic E-state index is -0.391. The van der Waals surface area contributed by atoms with E-state index in [1.807, 2.05) is 17.6 Å². The maximum absolute atomic E-state index is 12.6. The summed E-state index contributed by atoms with van der Waals surface area (Å²) in [5.41, 5.74) is 6.93. The number of aromatic amines is 1. The van der Waals surface area contributed by atoms with Crippen LogP contribution in [-0.2, 0) is 19.6 Å². The van der Waals surface area contributed by atoms with Crippen LogP contribution in [0, 0.1) is 0 Å². The fraction of sp³-hybridized carbons (Fsp3) is 0.571. The van der Waals surface area contributed by atoms with E-state index in [2.05, 4.69) is 26.8 Å². The smallest absolute Gasteiger partial charge is 0.330 e. The number of anilines is 1. The van der Waals surface area contributed by atoms with E-state index in [0.29, 0.717) is 36.7 Å². The summed E-state index contributed by atoms with van der Waals surface area (Å²) in [5, 5.41) is 0. The largest absolute Gasteiger partial charge is 0.368 e. The lowest BCUT2D eigenvalue weighted by Crippen LogP contribution is -2.35. The fourth-order valence-electron chi connectivity index (χ4n) is 4.46. The molecular formula is C21H30N8O2. The zero-order valence-electron chi connectivity index (χ0n) is 18.2. The average molecular weight is 427 g/mol. The molecule has 3 N–H and O–H groups in total. The van der Waals surface area contributed by atoms with Gasteiger partial charge in [0.15, 0.2) is 11.2 Å². The zero-order valence-corrected chi connectivity index (χ0v) is 18.2. The number of hydrogen-bond donors (Lipinski definition) is 2. The maximum atomic E-state index is 12.6. The van der Waals surface area contributed by atoms with Crippen LogP contribution >= 0.6 is 0 Å². The van der Waals surface area contributed by atoms with Gasteiger partial charge in [0.05, 0.1) is 12.2 Å². The Morgan fingerprint density at radius 2 is 2.06 bits per heavy atom. The summed E-state index contributed by atoms with van der Waals surface area (Å²) >= 11 is 0. The quantitative estimate of drug-likeness (QED) is 0.585. The first-order valence-corrected chi connectivity index (χ1v) is 11.0. The van der Waals surface area contributed by atoms with Crippen molar-refractivity contribution in [1.29, 1.82) is 0 Å². The van der Waals surface area contributed by atoms with Crippen LogP contribution in [0.2, 0.25) is 0 Å². The number of fused-ring (bicyclic) bond motifs is 1. The second kappa shape index (κ2) is 9.01. The Hall–Kier alpha value is -3.01. The number of nitrogens with zero attached hydrogens (tertiary/aromatic N) is 6. The molecule has 166 valence electrons. The molecule has 3 aromatic rings. The van der Waals surface area contributed by atoms with Crippen LogP contribution in [-0.4, -0.2) is 47.1 Å². The first-order chi connectivity index (χ1) is 15.0. The molecule has 10 heteroatoms. The summed E-state index contributed by atoms with van der Waals surface area (Å²) in [7, 11) is 0. The molecule has 0 bridgehead atoms. The molecule has 0 radical (unpaired) electrons. The molecule has 0 amide bonds. The van der Waals surface area contributed by atoms with Crippen molar-refractivity contribution in [2.45, 2.75) is 65.1 Å². The van der Waals surface area contributed by atoms with E-state index in [-0.39, 0.29) is 11.5 Å². The number of H-pyrrole nitrogens is 1. The number of hydrogen-bond acceptors (Lipinski definition) is 7.